The number of anilines is 2. The van der Waals surface area contributed by atoms with Crippen molar-refractivity contribution in [2.45, 2.75) is 4.90 Å². The SMILES string of the molecule is COc1cccc(OC)c1C(=O)Nc1ccc(SCC(=O)Nc2ccc(Oc3ccccc3)cc2)cc1. The van der Waals surface area contributed by atoms with Gasteiger partial charge in [0.1, 0.15) is 28.6 Å². The second-order valence-electron chi connectivity index (χ2n) is 7.79. The highest BCUT2D eigenvalue weighted by molar-refractivity contribution is 8.00. The van der Waals surface area contributed by atoms with Crippen molar-refractivity contribution in [3.8, 4) is 23.0 Å². The third kappa shape index (κ3) is 7.05. The molecule has 7 nitrogen and oxygen atoms in total. The number of carbonyl (C=O) groups excluding carboxylic acids is 2. The molecule has 0 spiro atoms. The number of nitrogens with one attached hydrogen (secondary N) is 2. The minimum absolute atomic E-state index is 0.123. The van der Waals surface area contributed by atoms with E-state index in [0.717, 1.165) is 10.6 Å². The van der Waals surface area contributed by atoms with Crippen LogP contribution >= 0.6 is 11.8 Å². The van der Waals surface area contributed by atoms with Crippen LogP contribution in [0.4, 0.5) is 11.4 Å². The Kier molecular flexibility index (Phi) is 8.67. The molecule has 0 saturated carbocycles. The number of rotatable bonds is 10. The van der Waals surface area contributed by atoms with Crippen LogP contribution in [0.1, 0.15) is 10.4 Å². The zero-order valence-corrected chi connectivity index (χ0v) is 21.2. The monoisotopic (exact) mass is 514 g/mol. The molecule has 2 amide bonds. The summed E-state index contributed by atoms with van der Waals surface area (Å²) >= 11 is 1.40. The highest BCUT2D eigenvalue weighted by Gasteiger charge is 2.18. The van der Waals surface area contributed by atoms with Crippen molar-refractivity contribution in [2.24, 2.45) is 0 Å². The Morgan fingerprint density at radius 2 is 1.24 bits per heavy atom. The maximum absolute atomic E-state index is 12.8. The molecule has 0 radical (unpaired) electrons. The second-order valence-corrected chi connectivity index (χ2v) is 8.84. The molecule has 188 valence electrons. The Balaban J connectivity index is 1.27. The fourth-order valence-corrected chi connectivity index (χ4v) is 4.18. The van der Waals surface area contributed by atoms with E-state index in [1.165, 1.54) is 26.0 Å². The highest BCUT2D eigenvalue weighted by Crippen LogP contribution is 2.29. The van der Waals surface area contributed by atoms with Gasteiger partial charge in [-0.3, -0.25) is 9.59 Å². The number of carbonyl (C=O) groups is 2. The molecule has 37 heavy (non-hydrogen) atoms. The van der Waals surface area contributed by atoms with Gasteiger partial charge in [-0.05, 0) is 72.8 Å². The Bertz CT molecular complexity index is 1320. The molecule has 4 rings (SSSR count). The van der Waals surface area contributed by atoms with Crippen molar-refractivity contribution in [1.29, 1.82) is 0 Å². The number of ether oxygens (including phenoxy) is 3. The van der Waals surface area contributed by atoms with Gasteiger partial charge in [-0.25, -0.2) is 0 Å². The first kappa shape index (κ1) is 25.7. The Morgan fingerprint density at radius 1 is 0.676 bits per heavy atom. The highest BCUT2D eigenvalue weighted by atomic mass is 32.2. The fourth-order valence-electron chi connectivity index (χ4n) is 3.48. The lowest BCUT2D eigenvalue weighted by molar-refractivity contribution is -0.113. The standard InChI is InChI=1S/C29H26N2O5S/c1-34-25-9-6-10-26(35-2)28(25)29(33)31-21-13-17-24(18-14-21)37-19-27(32)30-20-11-15-23(16-12-20)36-22-7-4-3-5-8-22/h3-18H,19H2,1-2H3,(H,30,32)(H,31,33). The lowest BCUT2D eigenvalue weighted by Crippen LogP contribution is -2.14. The number of benzene rings is 4. The largest absolute Gasteiger partial charge is 0.496 e. The predicted octanol–water partition coefficient (Wildman–Crippen LogP) is 6.48. The van der Waals surface area contributed by atoms with Gasteiger partial charge in [0, 0.05) is 16.3 Å². The van der Waals surface area contributed by atoms with E-state index in [1.54, 1.807) is 42.5 Å². The number of hydrogen-bond donors (Lipinski definition) is 2. The lowest BCUT2D eigenvalue weighted by Gasteiger charge is -2.13. The van der Waals surface area contributed by atoms with Crippen LogP contribution in [0.3, 0.4) is 0 Å². The van der Waals surface area contributed by atoms with E-state index in [2.05, 4.69) is 10.6 Å². The van der Waals surface area contributed by atoms with E-state index in [9.17, 15) is 9.59 Å². The number of thioether (sulfide) groups is 1. The predicted molar refractivity (Wildman–Crippen MR) is 146 cm³/mol. The third-order valence-corrected chi connectivity index (χ3v) is 6.27. The Hall–Kier alpha value is -4.43. The van der Waals surface area contributed by atoms with Crippen LogP contribution in [-0.2, 0) is 4.79 Å². The topological polar surface area (TPSA) is 85.9 Å². The number of methoxy groups -OCH3 is 2. The first-order chi connectivity index (χ1) is 18.1. The van der Waals surface area contributed by atoms with Gasteiger partial charge >= 0.3 is 0 Å². The van der Waals surface area contributed by atoms with Gasteiger partial charge in [0.25, 0.3) is 5.91 Å². The lowest BCUT2D eigenvalue weighted by atomic mass is 10.1. The van der Waals surface area contributed by atoms with Crippen molar-refractivity contribution in [3.63, 3.8) is 0 Å². The van der Waals surface area contributed by atoms with Crippen molar-refractivity contribution in [2.75, 3.05) is 30.6 Å². The van der Waals surface area contributed by atoms with Crippen LogP contribution in [-0.4, -0.2) is 31.8 Å². The van der Waals surface area contributed by atoms with E-state index in [4.69, 9.17) is 14.2 Å². The first-order valence-corrected chi connectivity index (χ1v) is 12.4. The summed E-state index contributed by atoms with van der Waals surface area (Å²) in [5.74, 6) is 2.07. The maximum Gasteiger partial charge on any atom is 0.263 e. The van der Waals surface area contributed by atoms with E-state index < -0.39 is 0 Å². The molecule has 0 saturated heterocycles. The summed E-state index contributed by atoms with van der Waals surface area (Å²) < 4.78 is 16.4. The van der Waals surface area contributed by atoms with Gasteiger partial charge in [0.05, 0.1) is 20.0 Å². The number of hydrogen-bond acceptors (Lipinski definition) is 6. The molecule has 0 aliphatic carbocycles. The summed E-state index contributed by atoms with van der Waals surface area (Å²) in [6, 6.07) is 29.2. The molecule has 0 heterocycles. The third-order valence-electron chi connectivity index (χ3n) is 5.25. The maximum atomic E-state index is 12.8. The summed E-state index contributed by atoms with van der Waals surface area (Å²) in [7, 11) is 3.01. The average Bonchev–Trinajstić information content (AvgIpc) is 2.93. The zero-order chi connectivity index (χ0) is 26.0. The van der Waals surface area contributed by atoms with E-state index in [-0.39, 0.29) is 17.6 Å². The van der Waals surface area contributed by atoms with Gasteiger partial charge in [-0.15, -0.1) is 11.8 Å². The van der Waals surface area contributed by atoms with Crippen molar-refractivity contribution >= 4 is 35.0 Å². The molecular formula is C29H26N2O5S. The van der Waals surface area contributed by atoms with E-state index in [0.29, 0.717) is 34.2 Å². The molecule has 0 unspecified atom stereocenters. The minimum atomic E-state index is -0.339. The molecule has 4 aromatic carbocycles. The average molecular weight is 515 g/mol. The number of amides is 2. The van der Waals surface area contributed by atoms with Gasteiger partial charge < -0.3 is 24.8 Å². The van der Waals surface area contributed by atoms with Gasteiger partial charge in [0.2, 0.25) is 5.91 Å². The summed E-state index contributed by atoms with van der Waals surface area (Å²) in [5.41, 5.74) is 1.63. The molecular weight excluding hydrogens is 488 g/mol. The molecule has 0 bridgehead atoms. The van der Waals surface area contributed by atoms with Crippen LogP contribution in [0.2, 0.25) is 0 Å². The van der Waals surface area contributed by atoms with Gasteiger partial charge in [-0.1, -0.05) is 24.3 Å². The number of para-hydroxylation sites is 1. The molecule has 0 atom stereocenters. The molecule has 0 aliphatic rings. The van der Waals surface area contributed by atoms with Crippen molar-refractivity contribution < 1.29 is 23.8 Å². The zero-order valence-electron chi connectivity index (χ0n) is 20.4. The molecule has 8 heteroatoms. The Labute approximate surface area is 219 Å². The summed E-state index contributed by atoms with van der Waals surface area (Å²) in [4.78, 5) is 26.1. The quantitative estimate of drug-likeness (QED) is 0.236. The molecule has 2 N–H and O–H groups in total. The summed E-state index contributed by atoms with van der Waals surface area (Å²) in [6.07, 6.45) is 0. The molecule has 0 aromatic heterocycles. The van der Waals surface area contributed by atoms with Crippen LogP contribution in [0.5, 0.6) is 23.0 Å². The second kappa shape index (κ2) is 12.5. The molecule has 0 aliphatic heterocycles. The Morgan fingerprint density at radius 3 is 1.86 bits per heavy atom. The van der Waals surface area contributed by atoms with Gasteiger partial charge in [-0.2, -0.15) is 0 Å². The first-order valence-electron chi connectivity index (χ1n) is 11.4. The van der Waals surface area contributed by atoms with E-state index >= 15 is 0 Å². The minimum Gasteiger partial charge on any atom is -0.496 e. The van der Waals surface area contributed by atoms with Crippen LogP contribution in [0.15, 0.2) is 102 Å². The van der Waals surface area contributed by atoms with Crippen LogP contribution < -0.4 is 24.8 Å². The summed E-state index contributed by atoms with van der Waals surface area (Å²) in [5, 5.41) is 5.74. The van der Waals surface area contributed by atoms with Gasteiger partial charge in [0.15, 0.2) is 0 Å². The normalized spacial score (nSPS) is 10.3. The molecule has 0 fully saturated rings. The van der Waals surface area contributed by atoms with E-state index in [1.807, 2.05) is 54.6 Å². The van der Waals surface area contributed by atoms with Crippen molar-refractivity contribution in [3.05, 3.63) is 103 Å². The van der Waals surface area contributed by atoms with Crippen molar-refractivity contribution in [1.82, 2.24) is 0 Å². The molecule has 4 aromatic rings. The fraction of sp³-hybridized carbons (Fsp3) is 0.103. The van der Waals surface area contributed by atoms with Crippen LogP contribution in [0, 0.1) is 0 Å². The summed E-state index contributed by atoms with van der Waals surface area (Å²) in [6.45, 7) is 0. The smallest absolute Gasteiger partial charge is 0.263 e. The van der Waals surface area contributed by atoms with Crippen LogP contribution in [0.25, 0.3) is 0 Å².